The molecule has 2 aromatic carbocycles. The van der Waals surface area contributed by atoms with Crippen LogP contribution in [0.4, 0.5) is 11.4 Å². The van der Waals surface area contributed by atoms with Gasteiger partial charge in [-0.1, -0.05) is 57.0 Å². The van der Waals surface area contributed by atoms with Crippen molar-refractivity contribution in [2.24, 2.45) is 20.6 Å². The van der Waals surface area contributed by atoms with Gasteiger partial charge in [0.15, 0.2) is 0 Å². The molecule has 0 fully saturated rings. The molecule has 0 aromatic heterocycles. The van der Waals surface area contributed by atoms with Crippen molar-refractivity contribution in [1.29, 1.82) is 0 Å². The summed E-state index contributed by atoms with van der Waals surface area (Å²) in [7, 11) is 0. The Bertz CT molecular complexity index is 711. The third-order valence-electron chi connectivity index (χ3n) is 3.25. The van der Waals surface area contributed by atoms with Crippen LogP contribution in [0.3, 0.4) is 0 Å². The third kappa shape index (κ3) is 19.5. The molecule has 0 aliphatic rings. The van der Waals surface area contributed by atoms with Gasteiger partial charge in [0.05, 0.1) is 0 Å². The second-order valence-corrected chi connectivity index (χ2v) is 5.56. The first-order valence-electron chi connectivity index (χ1n) is 8.59. The normalized spacial score (nSPS) is 11.2. The Morgan fingerprint density at radius 3 is 0.806 bits per heavy atom. The summed E-state index contributed by atoms with van der Waals surface area (Å²) in [6.07, 6.45) is 0. The van der Waals surface area contributed by atoms with E-state index in [-0.39, 0.29) is 16.8 Å². The van der Waals surface area contributed by atoms with Gasteiger partial charge in [0, 0.05) is 11.4 Å². The van der Waals surface area contributed by atoms with Gasteiger partial charge in [0.2, 0.25) is 0 Å². The quantitative estimate of drug-likeness (QED) is 0.165. The van der Waals surface area contributed by atoms with Crippen molar-refractivity contribution in [3.05, 3.63) is 60.7 Å². The minimum absolute atomic E-state index is 0. The summed E-state index contributed by atoms with van der Waals surface area (Å²) in [4.78, 5) is 0. The predicted molar refractivity (Wildman–Crippen MR) is 121 cm³/mol. The molecular formula is C20H30CoN6O4+3. The fourth-order valence-electron chi connectivity index (χ4n) is 1.20. The SMILES string of the molecule is CC(=NO)C(C)=NO.CC(=NO)C(C)=NO.Nc1ccccc1.Nc1ccccc1.[Co+3]. The molecule has 0 atom stereocenters. The van der Waals surface area contributed by atoms with E-state index in [0.29, 0.717) is 22.8 Å². The van der Waals surface area contributed by atoms with Gasteiger partial charge in [-0.25, -0.2) is 0 Å². The van der Waals surface area contributed by atoms with E-state index >= 15 is 0 Å². The van der Waals surface area contributed by atoms with E-state index in [1.54, 1.807) is 0 Å². The minimum atomic E-state index is 0. The molecule has 0 amide bonds. The predicted octanol–water partition coefficient (Wildman–Crippen LogP) is 3.91. The first-order chi connectivity index (χ1) is 14.2. The Morgan fingerprint density at radius 2 is 0.710 bits per heavy atom. The van der Waals surface area contributed by atoms with Crippen LogP contribution in [0.15, 0.2) is 81.3 Å². The second kappa shape index (κ2) is 21.1. The topological polar surface area (TPSA) is 182 Å². The van der Waals surface area contributed by atoms with Gasteiger partial charge in [-0.2, -0.15) is 0 Å². The largest absolute Gasteiger partial charge is 3.00 e. The summed E-state index contributed by atoms with van der Waals surface area (Å²) < 4.78 is 0. The van der Waals surface area contributed by atoms with Crippen molar-refractivity contribution in [2.75, 3.05) is 11.5 Å². The molecule has 170 valence electrons. The zero-order chi connectivity index (χ0) is 23.4. The number of para-hydroxylation sites is 2. The van der Waals surface area contributed by atoms with Gasteiger partial charge in [0.1, 0.15) is 22.8 Å². The number of benzene rings is 2. The smallest absolute Gasteiger partial charge is 0.411 e. The Morgan fingerprint density at radius 1 is 0.516 bits per heavy atom. The molecule has 2 aromatic rings. The van der Waals surface area contributed by atoms with Crippen molar-refractivity contribution in [3.63, 3.8) is 0 Å². The van der Waals surface area contributed by atoms with Crippen LogP contribution in [0.25, 0.3) is 0 Å². The minimum Gasteiger partial charge on any atom is -0.411 e. The first-order valence-corrected chi connectivity index (χ1v) is 8.59. The van der Waals surface area contributed by atoms with Crippen LogP contribution < -0.4 is 11.5 Å². The van der Waals surface area contributed by atoms with E-state index in [0.717, 1.165) is 11.4 Å². The van der Waals surface area contributed by atoms with Gasteiger partial charge in [-0.05, 0) is 52.0 Å². The van der Waals surface area contributed by atoms with Gasteiger partial charge in [-0.3, -0.25) is 0 Å². The molecular weight excluding hydrogens is 447 g/mol. The summed E-state index contributed by atoms with van der Waals surface area (Å²) in [5, 5.41) is 43.3. The van der Waals surface area contributed by atoms with Crippen molar-refractivity contribution in [2.45, 2.75) is 27.7 Å². The van der Waals surface area contributed by atoms with Crippen LogP contribution in [-0.4, -0.2) is 43.7 Å². The van der Waals surface area contributed by atoms with Crippen LogP contribution in [0, 0.1) is 0 Å². The Hall–Kier alpha value is -3.57. The third-order valence-corrected chi connectivity index (χ3v) is 3.25. The van der Waals surface area contributed by atoms with E-state index in [1.807, 2.05) is 60.7 Å². The van der Waals surface area contributed by atoms with Crippen molar-refractivity contribution >= 4 is 34.2 Å². The first kappa shape index (κ1) is 32.1. The van der Waals surface area contributed by atoms with Gasteiger partial charge >= 0.3 is 16.8 Å². The number of oxime groups is 4. The summed E-state index contributed by atoms with van der Waals surface area (Å²) in [6.45, 7) is 6.15. The molecule has 0 saturated heterocycles. The van der Waals surface area contributed by atoms with Crippen LogP contribution in [0.2, 0.25) is 0 Å². The molecule has 10 nitrogen and oxygen atoms in total. The van der Waals surface area contributed by atoms with Crippen molar-refractivity contribution in [1.82, 2.24) is 0 Å². The summed E-state index contributed by atoms with van der Waals surface area (Å²) in [5.74, 6) is 0. The van der Waals surface area contributed by atoms with Crippen molar-refractivity contribution in [3.8, 4) is 0 Å². The molecule has 31 heavy (non-hydrogen) atoms. The molecule has 0 saturated carbocycles. The Kier molecular flexibility index (Phi) is 21.9. The molecule has 0 spiro atoms. The molecule has 11 heteroatoms. The van der Waals surface area contributed by atoms with E-state index in [1.165, 1.54) is 27.7 Å². The molecule has 2 rings (SSSR count). The van der Waals surface area contributed by atoms with Crippen molar-refractivity contribution < 1.29 is 37.6 Å². The number of nitrogens with zero attached hydrogens (tertiary/aromatic N) is 4. The standard InChI is InChI=1S/2C6H7N.2C4H8N2O2.Co/c2*7-6-4-2-1-3-5-6;2*1-3(5-7)4(2)6-8;/h2*1-5H,7H2;2*7-8H,1-2H3;/q;;;;+3. The van der Waals surface area contributed by atoms with E-state index in [2.05, 4.69) is 20.6 Å². The molecule has 0 aliphatic heterocycles. The summed E-state index contributed by atoms with van der Waals surface area (Å²) >= 11 is 0. The number of nitrogen functional groups attached to an aromatic ring is 2. The second-order valence-electron chi connectivity index (χ2n) is 5.56. The maximum absolute atomic E-state index is 8.03. The molecule has 0 unspecified atom stereocenters. The molecule has 0 heterocycles. The van der Waals surface area contributed by atoms with Crippen LogP contribution in [-0.2, 0) is 16.8 Å². The van der Waals surface area contributed by atoms with Crippen LogP contribution >= 0.6 is 0 Å². The number of anilines is 2. The molecule has 0 bridgehead atoms. The average molecular weight is 477 g/mol. The Labute approximate surface area is 192 Å². The number of nitrogens with two attached hydrogens (primary N) is 2. The van der Waals surface area contributed by atoms with Crippen LogP contribution in [0.5, 0.6) is 0 Å². The maximum atomic E-state index is 8.03. The monoisotopic (exact) mass is 477 g/mol. The van der Waals surface area contributed by atoms with Gasteiger partial charge in [-0.15, -0.1) is 0 Å². The Balaban J connectivity index is -0.000000334. The number of rotatable bonds is 2. The van der Waals surface area contributed by atoms with Gasteiger partial charge < -0.3 is 32.3 Å². The van der Waals surface area contributed by atoms with E-state index < -0.39 is 0 Å². The molecule has 0 radical (unpaired) electrons. The zero-order valence-corrected chi connectivity index (χ0v) is 18.9. The summed E-state index contributed by atoms with van der Waals surface area (Å²) in [6, 6.07) is 19.0. The van der Waals surface area contributed by atoms with Crippen LogP contribution in [0.1, 0.15) is 27.7 Å². The molecule has 8 N–H and O–H groups in total. The van der Waals surface area contributed by atoms with E-state index in [9.17, 15) is 0 Å². The summed E-state index contributed by atoms with van der Waals surface area (Å²) in [5.41, 5.74) is 13.6. The van der Waals surface area contributed by atoms with Gasteiger partial charge in [0.25, 0.3) is 0 Å². The maximum Gasteiger partial charge on any atom is 3.00 e. The average Bonchev–Trinajstić information content (AvgIpc) is 2.79. The molecule has 0 aliphatic carbocycles. The fourth-order valence-corrected chi connectivity index (χ4v) is 1.20. The fraction of sp³-hybridized carbons (Fsp3) is 0.200. The number of hydrogen-bond donors (Lipinski definition) is 6. The van der Waals surface area contributed by atoms with E-state index in [4.69, 9.17) is 32.3 Å². The zero-order valence-electron chi connectivity index (χ0n) is 17.8. The number of hydrogen-bond acceptors (Lipinski definition) is 10.